The third kappa shape index (κ3) is 2.03. The van der Waals surface area contributed by atoms with Gasteiger partial charge in [-0.05, 0) is 38.5 Å². The first-order valence-corrected chi connectivity index (χ1v) is 6.22. The van der Waals surface area contributed by atoms with Crippen LogP contribution in [0.2, 0.25) is 5.02 Å². The van der Waals surface area contributed by atoms with Gasteiger partial charge in [0.25, 0.3) is 0 Å². The highest BCUT2D eigenvalue weighted by Gasteiger charge is 2.28. The highest BCUT2D eigenvalue weighted by molar-refractivity contribution is 8.00. The third-order valence-corrected chi connectivity index (χ3v) is 4.30. The van der Waals surface area contributed by atoms with Gasteiger partial charge in [-0.3, -0.25) is 4.99 Å². The molecule has 0 N–H and O–H groups in total. The lowest BCUT2D eigenvalue weighted by molar-refractivity contribution is 0.757. The van der Waals surface area contributed by atoms with E-state index < -0.39 is 0 Å². The third-order valence-electron chi connectivity index (χ3n) is 2.28. The first-order valence-electron chi connectivity index (χ1n) is 4.64. The predicted molar refractivity (Wildman–Crippen MR) is 68.5 cm³/mol. The number of halogens is 2. The number of benzene rings is 1. The van der Waals surface area contributed by atoms with Crippen molar-refractivity contribution in [2.45, 2.75) is 30.5 Å². The number of hydrogen-bond acceptors (Lipinski definition) is 2. The molecule has 80 valence electrons. The van der Waals surface area contributed by atoms with Gasteiger partial charge in [-0.2, -0.15) is 0 Å². The maximum atomic E-state index is 6.15. The Morgan fingerprint density at radius 3 is 2.60 bits per heavy atom. The highest BCUT2D eigenvalue weighted by atomic mass is 35.5. The lowest BCUT2D eigenvalue weighted by Crippen LogP contribution is -2.19. The molecule has 2 rings (SSSR count). The molecule has 1 aromatic carbocycles. The number of nitrogens with zero attached hydrogens (tertiary/aromatic N) is 1. The summed E-state index contributed by atoms with van der Waals surface area (Å²) in [6.07, 6.45) is 0. The fourth-order valence-electron chi connectivity index (χ4n) is 1.53. The molecule has 0 aliphatic carbocycles. The van der Waals surface area contributed by atoms with Crippen LogP contribution in [-0.2, 0) is 0 Å². The number of rotatable bonds is 0. The number of aliphatic imine (C=N–C) groups is 1. The fraction of sp³-hybridized carbons (Fsp3) is 0.364. The largest absolute Gasteiger partial charge is 0.255 e. The van der Waals surface area contributed by atoms with Crippen molar-refractivity contribution in [1.29, 1.82) is 0 Å². The first-order chi connectivity index (χ1) is 6.91. The van der Waals surface area contributed by atoms with Crippen molar-refractivity contribution in [2.75, 3.05) is 0 Å². The minimum atomic E-state index is -0.209. The SMILES string of the molecule is Cc1c(Cl)ccc2c1SC(C)(C)N=C2Cl. The van der Waals surface area contributed by atoms with Crippen molar-refractivity contribution in [2.24, 2.45) is 4.99 Å². The monoisotopic (exact) mass is 259 g/mol. The molecule has 0 saturated carbocycles. The van der Waals surface area contributed by atoms with Gasteiger partial charge in [0.15, 0.2) is 0 Å². The van der Waals surface area contributed by atoms with Crippen LogP contribution < -0.4 is 0 Å². The molecule has 0 amide bonds. The second-order valence-electron chi connectivity index (χ2n) is 4.00. The van der Waals surface area contributed by atoms with Crippen LogP contribution in [0.3, 0.4) is 0 Å². The zero-order valence-corrected chi connectivity index (χ0v) is 11.1. The Kier molecular flexibility index (Phi) is 2.78. The summed E-state index contributed by atoms with van der Waals surface area (Å²) in [5.41, 5.74) is 2.07. The Hall–Kier alpha value is -0.180. The van der Waals surface area contributed by atoms with Crippen molar-refractivity contribution in [3.63, 3.8) is 0 Å². The summed E-state index contributed by atoms with van der Waals surface area (Å²) in [6, 6.07) is 3.80. The molecule has 0 atom stereocenters. The van der Waals surface area contributed by atoms with E-state index in [1.807, 2.05) is 32.9 Å². The average Bonchev–Trinajstić information content (AvgIpc) is 2.10. The zero-order chi connectivity index (χ0) is 11.2. The normalized spacial score (nSPS) is 18.3. The van der Waals surface area contributed by atoms with Gasteiger partial charge in [-0.1, -0.05) is 35.0 Å². The van der Waals surface area contributed by atoms with Crippen LogP contribution >= 0.6 is 35.0 Å². The molecule has 1 aliphatic rings. The fourth-order valence-corrected chi connectivity index (χ4v) is 3.39. The molecule has 4 heteroatoms. The first kappa shape index (κ1) is 11.3. The zero-order valence-electron chi connectivity index (χ0n) is 8.77. The molecule has 0 saturated heterocycles. The minimum absolute atomic E-state index is 0.209. The van der Waals surface area contributed by atoms with E-state index in [1.165, 1.54) is 0 Å². The second kappa shape index (κ2) is 3.69. The van der Waals surface area contributed by atoms with Crippen molar-refractivity contribution in [3.8, 4) is 0 Å². The molecule has 0 radical (unpaired) electrons. The van der Waals surface area contributed by atoms with E-state index in [0.717, 1.165) is 21.0 Å². The Morgan fingerprint density at radius 1 is 1.27 bits per heavy atom. The van der Waals surface area contributed by atoms with Crippen LogP contribution in [0.15, 0.2) is 22.0 Å². The summed E-state index contributed by atoms with van der Waals surface area (Å²) >= 11 is 13.9. The van der Waals surface area contributed by atoms with Crippen LogP contribution in [0.5, 0.6) is 0 Å². The average molecular weight is 260 g/mol. The second-order valence-corrected chi connectivity index (χ2v) is 6.38. The maximum Gasteiger partial charge on any atom is 0.133 e. The Bertz CT molecular complexity index is 452. The smallest absolute Gasteiger partial charge is 0.133 e. The summed E-state index contributed by atoms with van der Waals surface area (Å²) in [5, 5.41) is 1.36. The Labute approximate surface area is 104 Å². The number of thioether (sulfide) groups is 1. The molecule has 1 aromatic rings. The van der Waals surface area contributed by atoms with Crippen molar-refractivity contribution in [3.05, 3.63) is 28.3 Å². The minimum Gasteiger partial charge on any atom is -0.255 e. The van der Waals surface area contributed by atoms with E-state index in [2.05, 4.69) is 4.99 Å². The quantitative estimate of drug-likeness (QED) is 0.670. The van der Waals surface area contributed by atoms with Crippen LogP contribution in [0.25, 0.3) is 0 Å². The van der Waals surface area contributed by atoms with E-state index in [-0.39, 0.29) is 4.87 Å². The molecule has 0 bridgehead atoms. The van der Waals surface area contributed by atoms with Gasteiger partial charge in [0, 0.05) is 15.5 Å². The summed E-state index contributed by atoms with van der Waals surface area (Å²) in [4.78, 5) is 5.37. The Morgan fingerprint density at radius 2 is 1.93 bits per heavy atom. The topological polar surface area (TPSA) is 12.4 Å². The van der Waals surface area contributed by atoms with Crippen LogP contribution in [0.4, 0.5) is 0 Å². The molecular formula is C11H11Cl2NS. The molecule has 1 heterocycles. The van der Waals surface area contributed by atoms with Gasteiger partial charge in [0.1, 0.15) is 10.0 Å². The molecule has 0 aromatic heterocycles. The molecule has 1 aliphatic heterocycles. The molecule has 1 nitrogen and oxygen atoms in total. The van der Waals surface area contributed by atoms with Crippen molar-refractivity contribution in [1.82, 2.24) is 0 Å². The van der Waals surface area contributed by atoms with E-state index in [9.17, 15) is 0 Å². The van der Waals surface area contributed by atoms with Crippen LogP contribution in [-0.4, -0.2) is 10.0 Å². The molecular weight excluding hydrogens is 249 g/mol. The lowest BCUT2D eigenvalue weighted by atomic mass is 10.1. The molecule has 15 heavy (non-hydrogen) atoms. The summed E-state index contributed by atoms with van der Waals surface area (Å²) < 4.78 is 0. The summed E-state index contributed by atoms with van der Waals surface area (Å²) in [7, 11) is 0. The van der Waals surface area contributed by atoms with E-state index in [4.69, 9.17) is 23.2 Å². The Balaban J connectivity index is 2.65. The van der Waals surface area contributed by atoms with Crippen molar-refractivity contribution >= 4 is 40.1 Å². The molecule has 0 spiro atoms. The number of hydrogen-bond donors (Lipinski definition) is 0. The van der Waals surface area contributed by atoms with Gasteiger partial charge in [0.2, 0.25) is 0 Å². The molecule has 0 fully saturated rings. The maximum absolute atomic E-state index is 6.15. The van der Waals surface area contributed by atoms with Gasteiger partial charge in [0.05, 0.1) is 0 Å². The standard InChI is InChI=1S/C11H11Cl2NS/c1-6-8(12)5-4-7-9(6)15-11(2,3)14-10(7)13/h4-5H,1-3H3. The number of fused-ring (bicyclic) bond motifs is 1. The van der Waals surface area contributed by atoms with Crippen LogP contribution in [0.1, 0.15) is 25.0 Å². The van der Waals surface area contributed by atoms with Gasteiger partial charge >= 0.3 is 0 Å². The van der Waals surface area contributed by atoms with Crippen molar-refractivity contribution < 1.29 is 0 Å². The van der Waals surface area contributed by atoms with Gasteiger partial charge in [-0.25, -0.2) is 0 Å². The van der Waals surface area contributed by atoms with Gasteiger partial charge < -0.3 is 0 Å². The van der Waals surface area contributed by atoms with E-state index >= 15 is 0 Å². The highest BCUT2D eigenvalue weighted by Crippen LogP contribution is 2.44. The predicted octanol–water partition coefficient (Wildman–Crippen LogP) is 4.48. The summed E-state index contributed by atoms with van der Waals surface area (Å²) in [5.74, 6) is 0. The summed E-state index contributed by atoms with van der Waals surface area (Å²) in [6.45, 7) is 6.10. The van der Waals surface area contributed by atoms with Crippen LogP contribution in [0, 0.1) is 6.92 Å². The molecule has 0 unspecified atom stereocenters. The van der Waals surface area contributed by atoms with E-state index in [0.29, 0.717) is 5.17 Å². The van der Waals surface area contributed by atoms with E-state index in [1.54, 1.807) is 11.8 Å². The van der Waals surface area contributed by atoms with Gasteiger partial charge in [-0.15, -0.1) is 0 Å². The lowest BCUT2D eigenvalue weighted by Gasteiger charge is -2.27.